The molecule has 0 heterocycles. The van der Waals surface area contributed by atoms with Crippen LogP contribution in [0.3, 0.4) is 0 Å². The summed E-state index contributed by atoms with van der Waals surface area (Å²) in [6, 6.07) is 0. The first-order valence-electron chi connectivity index (χ1n) is 2.26. The average Bonchev–Trinajstić information content (AvgIpc) is 1.64. The fourth-order valence-corrected chi connectivity index (χ4v) is 0.744. The van der Waals surface area contributed by atoms with Crippen LogP contribution in [0.1, 0.15) is 6.92 Å². The summed E-state index contributed by atoms with van der Waals surface area (Å²) in [4.78, 5) is 10.3. The Labute approximate surface area is 49.4 Å². The minimum absolute atomic E-state index is 0.170. The van der Waals surface area contributed by atoms with Crippen molar-refractivity contribution in [1.82, 2.24) is 0 Å². The molecular formula is C5H9O2P. The molecule has 0 saturated heterocycles. The van der Waals surface area contributed by atoms with Crippen molar-refractivity contribution < 1.29 is 9.36 Å². The third kappa shape index (κ3) is 2.08. The Kier molecular flexibility index (Phi) is 2.70. The highest BCUT2D eigenvalue weighted by molar-refractivity contribution is 7.50. The van der Waals surface area contributed by atoms with Crippen molar-refractivity contribution in [3.8, 4) is 0 Å². The molecule has 0 fully saturated rings. The summed E-state index contributed by atoms with van der Waals surface area (Å²) in [6.45, 7) is 6.21. The van der Waals surface area contributed by atoms with Gasteiger partial charge in [0.2, 0.25) is 0 Å². The SMILES string of the molecule is C=C(C(C)=O)[PH](C)=O. The molecule has 2 nitrogen and oxygen atoms in total. The molecular weight excluding hydrogens is 123 g/mol. The summed E-state index contributed by atoms with van der Waals surface area (Å²) in [5, 5.41) is 0.259. The van der Waals surface area contributed by atoms with Gasteiger partial charge in [0.1, 0.15) is 7.80 Å². The Morgan fingerprint density at radius 2 is 2.00 bits per heavy atom. The fourth-order valence-electron chi connectivity index (χ4n) is 0.248. The van der Waals surface area contributed by atoms with Gasteiger partial charge in [-0.05, 0) is 13.6 Å². The van der Waals surface area contributed by atoms with E-state index in [4.69, 9.17) is 0 Å². The van der Waals surface area contributed by atoms with Crippen LogP contribution in [0.25, 0.3) is 0 Å². The Bertz CT molecular complexity index is 133. The lowest BCUT2D eigenvalue weighted by atomic mass is 10.4. The lowest BCUT2D eigenvalue weighted by molar-refractivity contribution is -0.113. The molecule has 0 rings (SSSR count). The summed E-state index contributed by atoms with van der Waals surface area (Å²) in [5.41, 5.74) is 0. The highest BCUT2D eigenvalue weighted by Crippen LogP contribution is 2.25. The number of rotatable bonds is 2. The zero-order valence-electron chi connectivity index (χ0n) is 5.02. The molecule has 0 aliphatic heterocycles. The minimum atomic E-state index is -1.81. The van der Waals surface area contributed by atoms with E-state index in [0.717, 1.165) is 0 Å². The van der Waals surface area contributed by atoms with E-state index < -0.39 is 7.80 Å². The van der Waals surface area contributed by atoms with E-state index in [2.05, 4.69) is 6.58 Å². The first-order chi connectivity index (χ1) is 3.55. The van der Waals surface area contributed by atoms with Gasteiger partial charge in [0.15, 0.2) is 5.78 Å². The van der Waals surface area contributed by atoms with Crippen LogP contribution in [-0.4, -0.2) is 12.4 Å². The molecule has 0 saturated carbocycles. The molecule has 46 valence electrons. The predicted molar refractivity (Wildman–Crippen MR) is 34.7 cm³/mol. The molecule has 0 aliphatic rings. The van der Waals surface area contributed by atoms with E-state index in [0.29, 0.717) is 0 Å². The first kappa shape index (κ1) is 7.64. The van der Waals surface area contributed by atoms with Gasteiger partial charge < -0.3 is 4.57 Å². The quantitative estimate of drug-likeness (QED) is 0.419. The minimum Gasteiger partial charge on any atom is -0.322 e. The standard InChI is InChI=1S/C5H9O2P/c1-4(6)5(2)8(3)7/h8H,2H2,1,3H3. The Hall–Kier alpha value is -0.360. The third-order valence-corrected chi connectivity index (χ3v) is 2.05. The van der Waals surface area contributed by atoms with Gasteiger partial charge in [0.25, 0.3) is 0 Å². The topological polar surface area (TPSA) is 34.1 Å². The van der Waals surface area contributed by atoms with Crippen LogP contribution >= 0.6 is 7.80 Å². The van der Waals surface area contributed by atoms with Crippen LogP contribution in [0.2, 0.25) is 0 Å². The van der Waals surface area contributed by atoms with E-state index in [1.807, 2.05) is 0 Å². The molecule has 3 heteroatoms. The van der Waals surface area contributed by atoms with Gasteiger partial charge in [-0.3, -0.25) is 4.79 Å². The van der Waals surface area contributed by atoms with Crippen molar-refractivity contribution in [2.75, 3.05) is 6.66 Å². The molecule has 1 unspecified atom stereocenters. The predicted octanol–water partition coefficient (Wildman–Crippen LogP) is 1.28. The molecule has 0 aliphatic carbocycles. The second-order valence-electron chi connectivity index (χ2n) is 1.59. The molecule has 0 aromatic carbocycles. The monoisotopic (exact) mass is 132 g/mol. The van der Waals surface area contributed by atoms with E-state index in [1.165, 1.54) is 13.6 Å². The summed E-state index contributed by atoms with van der Waals surface area (Å²) in [7, 11) is -1.81. The van der Waals surface area contributed by atoms with Crippen LogP contribution < -0.4 is 0 Å². The molecule has 1 atom stereocenters. The van der Waals surface area contributed by atoms with E-state index in [-0.39, 0.29) is 11.1 Å². The van der Waals surface area contributed by atoms with Crippen molar-refractivity contribution >= 4 is 13.6 Å². The maximum atomic E-state index is 10.4. The summed E-state index contributed by atoms with van der Waals surface area (Å²) < 4.78 is 10.4. The lowest BCUT2D eigenvalue weighted by Gasteiger charge is -1.90. The molecule has 0 aromatic heterocycles. The third-order valence-electron chi connectivity index (χ3n) is 0.850. The molecule has 0 aromatic rings. The maximum Gasteiger partial charge on any atom is 0.162 e. The van der Waals surface area contributed by atoms with Crippen LogP contribution in [0, 0.1) is 0 Å². The molecule has 0 amide bonds. The number of hydrogen-bond donors (Lipinski definition) is 0. The fraction of sp³-hybridized carbons (Fsp3) is 0.400. The van der Waals surface area contributed by atoms with Crippen molar-refractivity contribution in [3.05, 3.63) is 11.9 Å². The van der Waals surface area contributed by atoms with Gasteiger partial charge in [-0.1, -0.05) is 6.58 Å². The van der Waals surface area contributed by atoms with Gasteiger partial charge in [-0.2, -0.15) is 0 Å². The molecule has 0 radical (unpaired) electrons. The number of Topliss-reactive ketones (excluding diaryl/α,β-unsaturated/α-hetero) is 1. The second kappa shape index (κ2) is 2.83. The van der Waals surface area contributed by atoms with Gasteiger partial charge in [-0.15, -0.1) is 0 Å². The van der Waals surface area contributed by atoms with Crippen molar-refractivity contribution in [2.45, 2.75) is 6.92 Å². The number of allylic oxidation sites excluding steroid dienone is 1. The highest BCUT2D eigenvalue weighted by Gasteiger charge is 2.01. The van der Waals surface area contributed by atoms with Crippen LogP contribution in [-0.2, 0) is 9.36 Å². The van der Waals surface area contributed by atoms with Gasteiger partial charge in [0, 0.05) is 5.31 Å². The van der Waals surface area contributed by atoms with Crippen molar-refractivity contribution in [2.24, 2.45) is 0 Å². The van der Waals surface area contributed by atoms with Crippen molar-refractivity contribution in [3.63, 3.8) is 0 Å². The van der Waals surface area contributed by atoms with Crippen LogP contribution in [0.4, 0.5) is 0 Å². The normalized spacial score (nSPS) is 12.8. The summed E-state index contributed by atoms with van der Waals surface area (Å²) in [6.07, 6.45) is 0. The number of hydrogen-bond acceptors (Lipinski definition) is 2. The Morgan fingerprint density at radius 3 is 2.00 bits per heavy atom. The average molecular weight is 132 g/mol. The first-order valence-corrected chi connectivity index (χ1v) is 4.17. The van der Waals surface area contributed by atoms with Crippen molar-refractivity contribution in [1.29, 1.82) is 0 Å². The van der Waals surface area contributed by atoms with Gasteiger partial charge >= 0.3 is 0 Å². The second-order valence-corrected chi connectivity index (χ2v) is 3.31. The summed E-state index contributed by atoms with van der Waals surface area (Å²) >= 11 is 0. The zero-order valence-corrected chi connectivity index (χ0v) is 6.02. The largest absolute Gasteiger partial charge is 0.322 e. The Morgan fingerprint density at radius 1 is 1.62 bits per heavy atom. The molecule has 8 heavy (non-hydrogen) atoms. The molecule has 0 spiro atoms. The summed E-state index contributed by atoms with van der Waals surface area (Å²) in [5.74, 6) is -0.170. The number of carbonyl (C=O) groups excluding carboxylic acids is 1. The van der Waals surface area contributed by atoms with Gasteiger partial charge in [-0.25, -0.2) is 0 Å². The highest BCUT2D eigenvalue weighted by atomic mass is 31.1. The lowest BCUT2D eigenvalue weighted by Crippen LogP contribution is -1.87. The number of ketones is 1. The van der Waals surface area contributed by atoms with Crippen LogP contribution in [0.5, 0.6) is 0 Å². The van der Waals surface area contributed by atoms with Crippen LogP contribution in [0.15, 0.2) is 11.9 Å². The van der Waals surface area contributed by atoms with E-state index >= 15 is 0 Å². The smallest absolute Gasteiger partial charge is 0.162 e. The maximum absolute atomic E-state index is 10.4. The molecule has 0 N–H and O–H groups in total. The molecule has 0 bridgehead atoms. The van der Waals surface area contributed by atoms with E-state index in [9.17, 15) is 9.36 Å². The Balaban J connectivity index is 4.05. The number of carbonyl (C=O) groups is 1. The zero-order chi connectivity index (χ0) is 6.73. The van der Waals surface area contributed by atoms with E-state index in [1.54, 1.807) is 0 Å². The van der Waals surface area contributed by atoms with Gasteiger partial charge in [0.05, 0.1) is 0 Å².